The fourth-order valence-electron chi connectivity index (χ4n) is 1.51. The Balaban J connectivity index is 2.49. The molecule has 0 aliphatic rings. The molecule has 1 N–H and O–H groups in total. The minimum Gasteiger partial charge on any atom is -0.506 e. The number of carbonyl (C=O) groups excluding carboxylic acids is 1. The van der Waals surface area contributed by atoms with Crippen molar-refractivity contribution in [3.63, 3.8) is 0 Å². The Labute approximate surface area is 104 Å². The highest BCUT2D eigenvalue weighted by atomic mass is 32.1. The zero-order chi connectivity index (χ0) is 12.4. The van der Waals surface area contributed by atoms with Crippen LogP contribution < -0.4 is 0 Å². The Morgan fingerprint density at radius 3 is 2.65 bits per heavy atom. The molecule has 2 aromatic rings. The van der Waals surface area contributed by atoms with E-state index in [-0.39, 0.29) is 5.75 Å². The zero-order valence-corrected chi connectivity index (χ0v) is 10.5. The summed E-state index contributed by atoms with van der Waals surface area (Å²) in [6.07, 6.45) is 0.803. The first-order valence-electron chi connectivity index (χ1n) is 5.37. The van der Waals surface area contributed by atoms with Gasteiger partial charge in [0.1, 0.15) is 11.4 Å². The number of pyridine rings is 1. The molecular weight excluding hydrogens is 234 g/mol. The summed E-state index contributed by atoms with van der Waals surface area (Å²) >= 11 is 1.33. The summed E-state index contributed by atoms with van der Waals surface area (Å²) in [5.41, 5.74) is 1.48. The number of hydrogen-bond donors (Lipinski definition) is 1. The van der Waals surface area contributed by atoms with Gasteiger partial charge in [-0.1, -0.05) is 13.8 Å². The summed E-state index contributed by atoms with van der Waals surface area (Å²) in [5.74, 6) is 0.452. The molecule has 2 aromatic heterocycles. The van der Waals surface area contributed by atoms with Crippen LogP contribution in [-0.4, -0.2) is 16.4 Å². The molecule has 2 rings (SSSR count). The van der Waals surface area contributed by atoms with Gasteiger partial charge in [0.25, 0.3) is 0 Å². The number of thiophene rings is 1. The molecule has 0 unspecified atom stereocenters. The molecule has 88 valence electrons. The van der Waals surface area contributed by atoms with Crippen LogP contribution in [0.5, 0.6) is 5.75 Å². The van der Waals surface area contributed by atoms with Gasteiger partial charge in [-0.05, 0) is 30.2 Å². The van der Waals surface area contributed by atoms with Crippen molar-refractivity contribution in [1.29, 1.82) is 0 Å². The van der Waals surface area contributed by atoms with Gasteiger partial charge in [0.2, 0.25) is 0 Å². The Morgan fingerprint density at radius 2 is 2.06 bits per heavy atom. The van der Waals surface area contributed by atoms with E-state index in [1.807, 2.05) is 6.07 Å². The standard InChI is InChI=1S/C13H13NO2S/c1-8(2)10-4-5-11(16)13(14-10)12-6-3-9(7-15)17-12/h3-8,16H,1-2H3. The fraction of sp³-hybridized carbons (Fsp3) is 0.231. The Kier molecular flexibility index (Phi) is 3.24. The van der Waals surface area contributed by atoms with Crippen molar-refractivity contribution in [3.8, 4) is 16.3 Å². The van der Waals surface area contributed by atoms with Crippen LogP contribution in [0.25, 0.3) is 10.6 Å². The molecule has 0 saturated carbocycles. The van der Waals surface area contributed by atoms with E-state index in [4.69, 9.17) is 0 Å². The largest absolute Gasteiger partial charge is 0.506 e. The van der Waals surface area contributed by atoms with E-state index in [0.29, 0.717) is 16.5 Å². The predicted molar refractivity (Wildman–Crippen MR) is 68.7 cm³/mol. The molecular formula is C13H13NO2S. The second-order valence-corrected chi connectivity index (χ2v) is 5.19. The molecule has 4 heteroatoms. The van der Waals surface area contributed by atoms with Crippen molar-refractivity contribution >= 4 is 17.6 Å². The first kappa shape index (κ1) is 11.8. The maximum Gasteiger partial charge on any atom is 0.160 e. The van der Waals surface area contributed by atoms with Crippen molar-refractivity contribution in [3.05, 3.63) is 34.8 Å². The van der Waals surface area contributed by atoms with Gasteiger partial charge in [-0.2, -0.15) is 0 Å². The second-order valence-electron chi connectivity index (χ2n) is 4.08. The van der Waals surface area contributed by atoms with E-state index < -0.39 is 0 Å². The van der Waals surface area contributed by atoms with Gasteiger partial charge in [-0.15, -0.1) is 11.3 Å². The molecule has 0 fully saturated rings. The molecule has 0 radical (unpaired) electrons. The minimum atomic E-state index is 0.147. The first-order valence-corrected chi connectivity index (χ1v) is 6.18. The van der Waals surface area contributed by atoms with Crippen molar-refractivity contribution in [1.82, 2.24) is 4.98 Å². The lowest BCUT2D eigenvalue weighted by Gasteiger charge is -2.07. The van der Waals surface area contributed by atoms with Crippen molar-refractivity contribution < 1.29 is 9.90 Å². The number of nitrogens with zero attached hydrogens (tertiary/aromatic N) is 1. The van der Waals surface area contributed by atoms with Crippen LogP contribution in [0.15, 0.2) is 24.3 Å². The Bertz CT molecular complexity index is 546. The number of aromatic nitrogens is 1. The van der Waals surface area contributed by atoms with Crippen LogP contribution in [0.3, 0.4) is 0 Å². The molecule has 0 aliphatic heterocycles. The average molecular weight is 247 g/mol. The first-order chi connectivity index (χ1) is 8.11. The number of hydrogen-bond acceptors (Lipinski definition) is 4. The van der Waals surface area contributed by atoms with E-state index in [9.17, 15) is 9.90 Å². The molecule has 2 heterocycles. The highest BCUT2D eigenvalue weighted by Gasteiger charge is 2.11. The maximum absolute atomic E-state index is 10.6. The van der Waals surface area contributed by atoms with Gasteiger partial charge in [0, 0.05) is 5.69 Å². The third-order valence-electron chi connectivity index (χ3n) is 2.46. The number of rotatable bonds is 3. The molecule has 0 spiro atoms. The average Bonchev–Trinajstić information content (AvgIpc) is 2.77. The number of aldehydes is 1. The maximum atomic E-state index is 10.6. The normalized spacial score (nSPS) is 10.8. The van der Waals surface area contributed by atoms with Gasteiger partial charge in [-0.3, -0.25) is 4.79 Å². The minimum absolute atomic E-state index is 0.147. The smallest absolute Gasteiger partial charge is 0.160 e. The SMILES string of the molecule is CC(C)c1ccc(O)c(-c2ccc(C=O)s2)n1. The number of aromatic hydroxyl groups is 1. The summed E-state index contributed by atoms with van der Waals surface area (Å²) in [4.78, 5) is 16.5. The van der Waals surface area contributed by atoms with Gasteiger partial charge >= 0.3 is 0 Å². The van der Waals surface area contributed by atoms with E-state index in [2.05, 4.69) is 18.8 Å². The van der Waals surface area contributed by atoms with E-state index in [0.717, 1.165) is 16.9 Å². The van der Waals surface area contributed by atoms with Crippen molar-refractivity contribution in [2.24, 2.45) is 0 Å². The van der Waals surface area contributed by atoms with Crippen LogP contribution in [0.4, 0.5) is 0 Å². The van der Waals surface area contributed by atoms with Crippen molar-refractivity contribution in [2.75, 3.05) is 0 Å². The lowest BCUT2D eigenvalue weighted by atomic mass is 10.1. The molecule has 3 nitrogen and oxygen atoms in total. The Morgan fingerprint density at radius 1 is 1.29 bits per heavy atom. The van der Waals surface area contributed by atoms with Gasteiger partial charge in [0.05, 0.1) is 9.75 Å². The van der Waals surface area contributed by atoms with Gasteiger partial charge < -0.3 is 5.11 Å². The zero-order valence-electron chi connectivity index (χ0n) is 9.68. The third kappa shape index (κ3) is 2.36. The van der Waals surface area contributed by atoms with Gasteiger partial charge in [0.15, 0.2) is 6.29 Å². The summed E-state index contributed by atoms with van der Waals surface area (Å²) in [6, 6.07) is 7.01. The third-order valence-corrected chi connectivity index (χ3v) is 3.48. The number of carbonyl (C=O) groups is 1. The Hall–Kier alpha value is -1.68. The molecule has 0 amide bonds. The van der Waals surface area contributed by atoms with Crippen LogP contribution in [-0.2, 0) is 0 Å². The topological polar surface area (TPSA) is 50.2 Å². The summed E-state index contributed by atoms with van der Waals surface area (Å²) < 4.78 is 0. The molecule has 0 saturated heterocycles. The molecule has 0 aromatic carbocycles. The summed E-state index contributed by atoms with van der Waals surface area (Å²) in [5, 5.41) is 9.81. The van der Waals surface area contributed by atoms with Crippen LogP contribution in [0, 0.1) is 0 Å². The molecule has 17 heavy (non-hydrogen) atoms. The van der Waals surface area contributed by atoms with Gasteiger partial charge in [-0.25, -0.2) is 4.98 Å². The second kappa shape index (κ2) is 4.67. The predicted octanol–water partition coefficient (Wildman–Crippen LogP) is 3.45. The molecule has 0 bridgehead atoms. The van der Waals surface area contributed by atoms with Crippen LogP contribution in [0.2, 0.25) is 0 Å². The monoisotopic (exact) mass is 247 g/mol. The summed E-state index contributed by atoms with van der Waals surface area (Å²) in [6.45, 7) is 4.10. The fourth-order valence-corrected chi connectivity index (χ4v) is 2.33. The van der Waals surface area contributed by atoms with E-state index in [1.165, 1.54) is 11.3 Å². The van der Waals surface area contributed by atoms with Crippen molar-refractivity contribution in [2.45, 2.75) is 19.8 Å². The highest BCUT2D eigenvalue weighted by molar-refractivity contribution is 7.17. The van der Waals surface area contributed by atoms with E-state index in [1.54, 1.807) is 18.2 Å². The summed E-state index contributed by atoms with van der Waals surface area (Å²) in [7, 11) is 0. The molecule has 0 aliphatic carbocycles. The van der Waals surface area contributed by atoms with Crippen LogP contribution in [0.1, 0.15) is 35.1 Å². The lowest BCUT2D eigenvalue weighted by Crippen LogP contribution is -1.93. The highest BCUT2D eigenvalue weighted by Crippen LogP contribution is 2.33. The van der Waals surface area contributed by atoms with Crippen LogP contribution >= 0.6 is 11.3 Å². The lowest BCUT2D eigenvalue weighted by molar-refractivity contribution is 0.112. The quantitative estimate of drug-likeness (QED) is 0.845. The van der Waals surface area contributed by atoms with E-state index >= 15 is 0 Å². The molecule has 0 atom stereocenters.